The van der Waals surface area contributed by atoms with Crippen LogP contribution in [0.1, 0.15) is 32.6 Å². The Balaban J connectivity index is 2.06. The SMILES string of the molecule is CC1CN(C)CCN1C(=O)N(CC(=O)O)C1CCCC1. The molecule has 1 N–H and O–H groups in total. The van der Waals surface area contributed by atoms with Gasteiger partial charge in [-0.3, -0.25) is 4.79 Å². The predicted octanol–water partition coefficient (Wildman–Crippen LogP) is 1.07. The molecule has 1 heterocycles. The molecular weight excluding hydrogens is 258 g/mol. The van der Waals surface area contributed by atoms with Crippen LogP contribution in [0, 0.1) is 0 Å². The van der Waals surface area contributed by atoms with Gasteiger partial charge in [-0.1, -0.05) is 12.8 Å². The summed E-state index contributed by atoms with van der Waals surface area (Å²) in [4.78, 5) is 29.4. The van der Waals surface area contributed by atoms with Gasteiger partial charge in [0.25, 0.3) is 0 Å². The van der Waals surface area contributed by atoms with Crippen molar-refractivity contribution < 1.29 is 14.7 Å². The number of carboxylic acids is 1. The Bertz CT molecular complexity index is 369. The molecule has 1 atom stereocenters. The predicted molar refractivity (Wildman–Crippen MR) is 75.7 cm³/mol. The molecule has 0 bridgehead atoms. The lowest BCUT2D eigenvalue weighted by atomic mass is 10.2. The molecule has 2 fully saturated rings. The summed E-state index contributed by atoms with van der Waals surface area (Å²) >= 11 is 0. The monoisotopic (exact) mass is 283 g/mol. The number of piperazine rings is 1. The van der Waals surface area contributed by atoms with Gasteiger partial charge in [0.05, 0.1) is 0 Å². The summed E-state index contributed by atoms with van der Waals surface area (Å²) in [5.74, 6) is -0.924. The number of hydrogen-bond acceptors (Lipinski definition) is 3. The third kappa shape index (κ3) is 3.42. The molecule has 1 aliphatic heterocycles. The number of hydrogen-bond donors (Lipinski definition) is 1. The molecule has 114 valence electrons. The van der Waals surface area contributed by atoms with E-state index in [0.29, 0.717) is 6.54 Å². The summed E-state index contributed by atoms with van der Waals surface area (Å²) in [7, 11) is 2.05. The quantitative estimate of drug-likeness (QED) is 0.841. The highest BCUT2D eigenvalue weighted by Crippen LogP contribution is 2.25. The first-order valence-electron chi connectivity index (χ1n) is 7.46. The van der Waals surface area contributed by atoms with Crippen molar-refractivity contribution >= 4 is 12.0 Å². The molecule has 6 heteroatoms. The number of carbonyl (C=O) groups is 2. The lowest BCUT2D eigenvalue weighted by Gasteiger charge is -2.41. The smallest absolute Gasteiger partial charge is 0.323 e. The van der Waals surface area contributed by atoms with Gasteiger partial charge in [0.2, 0.25) is 0 Å². The van der Waals surface area contributed by atoms with Gasteiger partial charge in [0.15, 0.2) is 0 Å². The Kier molecular flexibility index (Phi) is 4.86. The number of amides is 2. The molecule has 2 aliphatic rings. The Morgan fingerprint density at radius 2 is 1.90 bits per heavy atom. The molecule has 0 aromatic rings. The number of urea groups is 1. The van der Waals surface area contributed by atoms with Crippen molar-refractivity contribution in [3.8, 4) is 0 Å². The second kappa shape index (κ2) is 6.43. The van der Waals surface area contributed by atoms with Crippen LogP contribution in [0.2, 0.25) is 0 Å². The van der Waals surface area contributed by atoms with Crippen molar-refractivity contribution in [3.63, 3.8) is 0 Å². The minimum Gasteiger partial charge on any atom is -0.480 e. The second-order valence-corrected chi connectivity index (χ2v) is 6.05. The van der Waals surface area contributed by atoms with Gasteiger partial charge >= 0.3 is 12.0 Å². The van der Waals surface area contributed by atoms with Gasteiger partial charge in [0.1, 0.15) is 6.54 Å². The van der Waals surface area contributed by atoms with Crippen molar-refractivity contribution in [2.24, 2.45) is 0 Å². The maximum Gasteiger partial charge on any atom is 0.323 e. The highest BCUT2D eigenvalue weighted by Gasteiger charge is 2.34. The Morgan fingerprint density at radius 1 is 1.25 bits per heavy atom. The maximum absolute atomic E-state index is 12.7. The summed E-state index contributed by atoms with van der Waals surface area (Å²) in [5, 5.41) is 9.08. The largest absolute Gasteiger partial charge is 0.480 e. The number of carbonyl (C=O) groups excluding carboxylic acids is 1. The zero-order chi connectivity index (χ0) is 14.7. The van der Waals surface area contributed by atoms with Crippen molar-refractivity contribution in [1.82, 2.24) is 14.7 Å². The van der Waals surface area contributed by atoms with E-state index in [9.17, 15) is 9.59 Å². The Morgan fingerprint density at radius 3 is 2.45 bits per heavy atom. The molecule has 6 nitrogen and oxygen atoms in total. The minimum absolute atomic E-state index is 0.0973. The van der Waals surface area contributed by atoms with E-state index in [2.05, 4.69) is 4.90 Å². The van der Waals surface area contributed by atoms with E-state index in [-0.39, 0.29) is 24.7 Å². The van der Waals surface area contributed by atoms with Crippen LogP contribution in [-0.4, -0.2) is 77.1 Å². The van der Waals surface area contributed by atoms with Crippen molar-refractivity contribution in [2.75, 3.05) is 33.2 Å². The molecule has 2 rings (SSSR count). The molecule has 1 aliphatic carbocycles. The molecule has 0 radical (unpaired) electrons. The van der Waals surface area contributed by atoms with Crippen LogP contribution >= 0.6 is 0 Å². The summed E-state index contributed by atoms with van der Waals surface area (Å²) < 4.78 is 0. The van der Waals surface area contributed by atoms with Crippen molar-refractivity contribution in [3.05, 3.63) is 0 Å². The molecular formula is C14H25N3O3. The fourth-order valence-corrected chi connectivity index (χ4v) is 3.30. The summed E-state index contributed by atoms with van der Waals surface area (Å²) in [6.07, 6.45) is 4.04. The first-order valence-corrected chi connectivity index (χ1v) is 7.46. The van der Waals surface area contributed by atoms with E-state index < -0.39 is 5.97 Å². The number of carboxylic acid groups (broad SMARTS) is 1. The molecule has 20 heavy (non-hydrogen) atoms. The number of rotatable bonds is 3. The van der Waals surface area contributed by atoms with E-state index in [0.717, 1.165) is 38.8 Å². The lowest BCUT2D eigenvalue weighted by molar-refractivity contribution is -0.138. The van der Waals surface area contributed by atoms with Crippen molar-refractivity contribution in [2.45, 2.75) is 44.7 Å². The van der Waals surface area contributed by atoms with Gasteiger partial charge in [0, 0.05) is 31.7 Å². The molecule has 1 unspecified atom stereocenters. The van der Waals surface area contributed by atoms with Gasteiger partial charge < -0.3 is 19.8 Å². The highest BCUT2D eigenvalue weighted by atomic mass is 16.4. The molecule has 1 saturated heterocycles. The van der Waals surface area contributed by atoms with E-state index >= 15 is 0 Å². The summed E-state index contributed by atoms with van der Waals surface area (Å²) in [6, 6.07) is 0.143. The number of likely N-dealkylation sites (N-methyl/N-ethyl adjacent to an activating group) is 1. The summed E-state index contributed by atoms with van der Waals surface area (Å²) in [6.45, 7) is 4.22. The van der Waals surface area contributed by atoms with Crippen LogP contribution in [0.4, 0.5) is 4.79 Å². The van der Waals surface area contributed by atoms with Crippen LogP contribution in [0.5, 0.6) is 0 Å². The van der Waals surface area contributed by atoms with E-state index in [4.69, 9.17) is 5.11 Å². The van der Waals surface area contributed by atoms with Crippen LogP contribution in [-0.2, 0) is 4.79 Å². The fourth-order valence-electron chi connectivity index (χ4n) is 3.30. The average Bonchev–Trinajstić information content (AvgIpc) is 2.88. The average molecular weight is 283 g/mol. The van der Waals surface area contributed by atoms with Gasteiger partial charge in [-0.15, -0.1) is 0 Å². The van der Waals surface area contributed by atoms with Crippen LogP contribution in [0.15, 0.2) is 0 Å². The number of nitrogens with zero attached hydrogens (tertiary/aromatic N) is 3. The van der Waals surface area contributed by atoms with E-state index in [1.54, 1.807) is 4.90 Å². The van der Waals surface area contributed by atoms with E-state index in [1.165, 1.54) is 0 Å². The molecule has 2 amide bonds. The standard InChI is InChI=1S/C14H25N3O3/c1-11-9-15(2)7-8-16(11)14(20)17(10-13(18)19)12-5-3-4-6-12/h11-12H,3-10H2,1-2H3,(H,18,19). The normalized spacial score (nSPS) is 24.9. The van der Waals surface area contributed by atoms with Crippen LogP contribution in [0.3, 0.4) is 0 Å². The Hall–Kier alpha value is -1.30. The molecule has 0 aromatic carbocycles. The first-order chi connectivity index (χ1) is 9.49. The van der Waals surface area contributed by atoms with Crippen LogP contribution < -0.4 is 0 Å². The molecule has 1 saturated carbocycles. The third-order valence-electron chi connectivity index (χ3n) is 4.39. The van der Waals surface area contributed by atoms with Crippen molar-refractivity contribution in [1.29, 1.82) is 0 Å². The highest BCUT2D eigenvalue weighted by molar-refractivity contribution is 5.80. The maximum atomic E-state index is 12.7. The lowest BCUT2D eigenvalue weighted by Crippen LogP contribution is -2.58. The summed E-state index contributed by atoms with van der Waals surface area (Å²) in [5.41, 5.74) is 0. The Labute approximate surface area is 120 Å². The van der Waals surface area contributed by atoms with Gasteiger partial charge in [-0.2, -0.15) is 0 Å². The zero-order valence-corrected chi connectivity index (χ0v) is 12.4. The van der Waals surface area contributed by atoms with Crippen LogP contribution in [0.25, 0.3) is 0 Å². The second-order valence-electron chi connectivity index (χ2n) is 6.05. The fraction of sp³-hybridized carbons (Fsp3) is 0.857. The molecule has 0 spiro atoms. The molecule has 0 aromatic heterocycles. The first kappa shape index (κ1) is 15.1. The third-order valence-corrected chi connectivity index (χ3v) is 4.39. The van der Waals surface area contributed by atoms with E-state index in [1.807, 2.05) is 18.9 Å². The van der Waals surface area contributed by atoms with Gasteiger partial charge in [-0.05, 0) is 26.8 Å². The minimum atomic E-state index is -0.924. The number of aliphatic carboxylic acids is 1. The topological polar surface area (TPSA) is 64.1 Å². The zero-order valence-electron chi connectivity index (χ0n) is 12.4. The van der Waals surface area contributed by atoms with Gasteiger partial charge in [-0.25, -0.2) is 4.79 Å².